The first kappa shape index (κ1) is 11.2. The van der Waals surface area contributed by atoms with Crippen LogP contribution in [0.25, 0.3) is 0 Å². The Morgan fingerprint density at radius 1 is 1.57 bits per heavy atom. The molecule has 1 aromatic rings. The van der Waals surface area contributed by atoms with Crippen LogP contribution in [0.5, 0.6) is 0 Å². The van der Waals surface area contributed by atoms with Gasteiger partial charge in [0.25, 0.3) is 6.43 Å². The average Bonchev–Trinajstić information content (AvgIpc) is 2.11. The van der Waals surface area contributed by atoms with Crippen molar-refractivity contribution in [1.82, 2.24) is 4.98 Å². The molecule has 0 N–H and O–H groups in total. The Hall–Kier alpha value is -0.840. The Kier molecular flexibility index (Phi) is 3.69. The summed E-state index contributed by atoms with van der Waals surface area (Å²) in [7, 11) is 0. The summed E-state index contributed by atoms with van der Waals surface area (Å²) < 4.78 is 37.9. The maximum absolute atomic E-state index is 13.2. The largest absolute Gasteiger partial charge is 0.267 e. The number of hydrogen-bond acceptors (Lipinski definition) is 2. The maximum Gasteiger partial charge on any atom is 0.267 e. The molecule has 0 spiro atoms. The van der Waals surface area contributed by atoms with E-state index in [0.717, 1.165) is 6.20 Å². The van der Waals surface area contributed by atoms with Gasteiger partial charge in [-0.1, -0.05) is 0 Å². The van der Waals surface area contributed by atoms with Gasteiger partial charge in [-0.15, -0.1) is 0 Å². The predicted octanol–water partition coefficient (Wildman–Crippen LogP) is 2.83. The first-order valence-electron chi connectivity index (χ1n) is 3.55. The zero-order chi connectivity index (χ0) is 10.7. The van der Waals surface area contributed by atoms with Crippen molar-refractivity contribution in [3.05, 3.63) is 26.8 Å². The Morgan fingerprint density at radius 2 is 2.21 bits per heavy atom. The Bertz CT molecular complexity index is 387. The molecule has 1 heterocycles. The normalized spacial score (nSPS) is 10.3. The average molecular weight is 312 g/mol. The molecular formula is C8H4F3IN2. The Labute approximate surface area is 91.9 Å². The minimum absolute atomic E-state index is 0.0552. The van der Waals surface area contributed by atoms with E-state index in [1.54, 1.807) is 6.07 Å². The van der Waals surface area contributed by atoms with E-state index in [1.165, 1.54) is 22.6 Å². The second-order valence-corrected chi connectivity index (χ2v) is 3.46. The monoisotopic (exact) mass is 312 g/mol. The molecule has 6 heteroatoms. The lowest BCUT2D eigenvalue weighted by Gasteiger charge is -2.07. The third-order valence-electron chi connectivity index (χ3n) is 1.58. The highest BCUT2D eigenvalue weighted by molar-refractivity contribution is 14.1. The van der Waals surface area contributed by atoms with E-state index in [4.69, 9.17) is 5.26 Å². The Balaban J connectivity index is 3.31. The van der Waals surface area contributed by atoms with Gasteiger partial charge in [-0.3, -0.25) is 0 Å². The van der Waals surface area contributed by atoms with E-state index in [9.17, 15) is 13.2 Å². The van der Waals surface area contributed by atoms with Crippen LogP contribution < -0.4 is 0 Å². The molecule has 0 fully saturated rings. The molecule has 0 aromatic carbocycles. The first-order chi connectivity index (χ1) is 6.57. The van der Waals surface area contributed by atoms with Gasteiger partial charge in [-0.2, -0.15) is 5.26 Å². The predicted molar refractivity (Wildman–Crippen MR) is 51.2 cm³/mol. The van der Waals surface area contributed by atoms with Gasteiger partial charge in [-0.25, -0.2) is 18.2 Å². The van der Waals surface area contributed by atoms with Crippen molar-refractivity contribution in [3.63, 3.8) is 0 Å². The van der Waals surface area contributed by atoms with Crippen LogP contribution in [0.15, 0.2) is 6.20 Å². The van der Waals surface area contributed by atoms with Crippen molar-refractivity contribution in [3.8, 4) is 6.07 Å². The number of nitrogens with zero attached hydrogens (tertiary/aromatic N) is 2. The van der Waals surface area contributed by atoms with Gasteiger partial charge in [0.1, 0.15) is 3.70 Å². The number of halogens is 4. The number of aromatic nitrogens is 1. The highest BCUT2D eigenvalue weighted by Crippen LogP contribution is 2.27. The molecule has 0 radical (unpaired) electrons. The summed E-state index contributed by atoms with van der Waals surface area (Å²) in [5.41, 5.74) is -0.772. The second-order valence-electron chi connectivity index (χ2n) is 2.44. The van der Waals surface area contributed by atoms with Crippen molar-refractivity contribution in [2.45, 2.75) is 12.8 Å². The van der Waals surface area contributed by atoms with Crippen LogP contribution >= 0.6 is 22.6 Å². The summed E-state index contributed by atoms with van der Waals surface area (Å²) in [5, 5.41) is 8.34. The number of alkyl halides is 2. The summed E-state index contributed by atoms with van der Waals surface area (Å²) in [5.74, 6) is -1.03. The quantitative estimate of drug-likeness (QED) is 0.622. The molecule has 0 aliphatic heterocycles. The van der Waals surface area contributed by atoms with Crippen molar-refractivity contribution >= 4 is 22.6 Å². The van der Waals surface area contributed by atoms with Gasteiger partial charge in [0.05, 0.1) is 18.1 Å². The van der Waals surface area contributed by atoms with Crippen molar-refractivity contribution in [1.29, 1.82) is 5.26 Å². The van der Waals surface area contributed by atoms with Crippen LogP contribution in [0.4, 0.5) is 13.2 Å². The molecule has 0 saturated carbocycles. The minimum Gasteiger partial charge on any atom is -0.247 e. The van der Waals surface area contributed by atoms with Crippen LogP contribution in [0, 0.1) is 20.8 Å². The summed E-state index contributed by atoms with van der Waals surface area (Å²) in [6.45, 7) is 0. The zero-order valence-electron chi connectivity index (χ0n) is 6.77. The van der Waals surface area contributed by atoms with Gasteiger partial charge in [0, 0.05) is 6.20 Å². The molecule has 0 atom stereocenters. The topological polar surface area (TPSA) is 36.7 Å². The third kappa shape index (κ3) is 2.15. The number of pyridine rings is 1. The van der Waals surface area contributed by atoms with Gasteiger partial charge in [0.15, 0.2) is 5.82 Å². The molecule has 0 aliphatic carbocycles. The molecule has 0 unspecified atom stereocenters. The molecular weight excluding hydrogens is 308 g/mol. The van der Waals surface area contributed by atoms with Gasteiger partial charge in [0.2, 0.25) is 0 Å². The third-order valence-corrected chi connectivity index (χ3v) is 2.34. The molecule has 0 saturated heterocycles. The van der Waals surface area contributed by atoms with Gasteiger partial charge in [-0.05, 0) is 28.2 Å². The minimum atomic E-state index is -2.92. The molecule has 14 heavy (non-hydrogen) atoms. The standard InChI is InChI=1S/C8H4F3IN2/c9-6-5(7(10)11)4(1-2-13)3-14-8(6)12/h3,7H,1H2. The number of hydrogen-bond donors (Lipinski definition) is 0. The highest BCUT2D eigenvalue weighted by Gasteiger charge is 2.21. The molecule has 0 bridgehead atoms. The van der Waals surface area contributed by atoms with E-state index < -0.39 is 17.8 Å². The second kappa shape index (κ2) is 4.59. The zero-order valence-corrected chi connectivity index (χ0v) is 8.93. The van der Waals surface area contributed by atoms with E-state index in [2.05, 4.69) is 4.98 Å². The Morgan fingerprint density at radius 3 is 2.71 bits per heavy atom. The fourth-order valence-corrected chi connectivity index (χ4v) is 1.40. The van der Waals surface area contributed by atoms with Crippen LogP contribution in [-0.2, 0) is 6.42 Å². The summed E-state index contributed by atoms with van der Waals surface area (Å²) >= 11 is 1.53. The lowest BCUT2D eigenvalue weighted by Crippen LogP contribution is -2.02. The van der Waals surface area contributed by atoms with Crippen molar-refractivity contribution in [2.24, 2.45) is 0 Å². The molecule has 1 rings (SSSR count). The van der Waals surface area contributed by atoms with Crippen molar-refractivity contribution < 1.29 is 13.2 Å². The van der Waals surface area contributed by atoms with E-state index in [0.29, 0.717) is 0 Å². The summed E-state index contributed by atoms with van der Waals surface area (Å²) in [6.07, 6.45) is -2.08. The van der Waals surface area contributed by atoms with Crippen molar-refractivity contribution in [2.75, 3.05) is 0 Å². The summed E-state index contributed by atoms with van der Waals surface area (Å²) in [4.78, 5) is 3.57. The van der Waals surface area contributed by atoms with E-state index in [-0.39, 0.29) is 15.7 Å². The molecule has 0 amide bonds. The lowest BCUT2D eigenvalue weighted by atomic mass is 10.1. The SMILES string of the molecule is N#CCc1cnc(I)c(F)c1C(F)F. The molecule has 1 aromatic heterocycles. The maximum atomic E-state index is 13.2. The van der Waals surface area contributed by atoms with Gasteiger partial charge >= 0.3 is 0 Å². The van der Waals surface area contributed by atoms with Crippen LogP contribution in [0.2, 0.25) is 0 Å². The lowest BCUT2D eigenvalue weighted by molar-refractivity contribution is 0.145. The summed E-state index contributed by atoms with van der Waals surface area (Å²) in [6, 6.07) is 1.68. The van der Waals surface area contributed by atoms with Crippen LogP contribution in [0.3, 0.4) is 0 Å². The number of rotatable bonds is 2. The van der Waals surface area contributed by atoms with Crippen LogP contribution in [0.1, 0.15) is 17.6 Å². The molecule has 74 valence electrons. The van der Waals surface area contributed by atoms with Gasteiger partial charge < -0.3 is 0 Å². The fourth-order valence-electron chi connectivity index (χ4n) is 0.975. The number of nitriles is 1. The van der Waals surface area contributed by atoms with Crippen LogP contribution in [-0.4, -0.2) is 4.98 Å². The van der Waals surface area contributed by atoms with E-state index in [1.807, 2.05) is 0 Å². The van der Waals surface area contributed by atoms with E-state index >= 15 is 0 Å². The first-order valence-corrected chi connectivity index (χ1v) is 4.63. The molecule has 2 nitrogen and oxygen atoms in total. The molecule has 0 aliphatic rings. The fraction of sp³-hybridized carbons (Fsp3) is 0.250. The highest BCUT2D eigenvalue weighted by atomic mass is 127. The smallest absolute Gasteiger partial charge is 0.247 e.